The van der Waals surface area contributed by atoms with Crippen molar-refractivity contribution in [1.29, 1.82) is 0 Å². The number of para-hydroxylation sites is 4. The summed E-state index contributed by atoms with van der Waals surface area (Å²) in [6.45, 7) is 3.21. The third-order valence-electron chi connectivity index (χ3n) is 5.22. The summed E-state index contributed by atoms with van der Waals surface area (Å²) in [5.74, 6) is 0.366. The molecule has 0 N–H and O–H groups in total. The fourth-order valence-corrected chi connectivity index (χ4v) is 3.85. The summed E-state index contributed by atoms with van der Waals surface area (Å²) in [7, 11) is 0. The molecular weight excluding hydrogens is 344 g/mol. The molecule has 7 nitrogen and oxygen atoms in total. The maximum atomic E-state index is 12.7. The van der Waals surface area contributed by atoms with Gasteiger partial charge in [-0.3, -0.25) is 9.36 Å². The van der Waals surface area contributed by atoms with E-state index in [0.29, 0.717) is 24.2 Å². The fraction of sp³-hybridized carbons (Fsp3) is 0.250. The van der Waals surface area contributed by atoms with Gasteiger partial charge in [0.25, 0.3) is 0 Å². The number of carbonyl (C=O) groups excluding carboxylic acids is 1. The molecule has 0 atom stereocenters. The molecule has 27 heavy (non-hydrogen) atoms. The first-order chi connectivity index (χ1) is 13.1. The Labute approximate surface area is 154 Å². The third-order valence-corrected chi connectivity index (χ3v) is 5.22. The van der Waals surface area contributed by atoms with Crippen molar-refractivity contribution >= 4 is 28.0 Å². The number of hydrogen-bond donors (Lipinski definition) is 0. The van der Waals surface area contributed by atoms with Crippen molar-refractivity contribution in [3.05, 3.63) is 64.9 Å². The van der Waals surface area contributed by atoms with Crippen LogP contribution in [0.15, 0.2) is 57.7 Å². The first-order valence-electron chi connectivity index (χ1n) is 8.91. The van der Waals surface area contributed by atoms with Crippen molar-refractivity contribution in [3.8, 4) is 0 Å². The second-order valence-electron chi connectivity index (χ2n) is 6.89. The van der Waals surface area contributed by atoms with Gasteiger partial charge in [0.2, 0.25) is 5.91 Å². The average Bonchev–Trinajstić information content (AvgIpc) is 3.11. The molecule has 0 aliphatic carbocycles. The molecule has 0 unspecified atom stereocenters. The lowest BCUT2D eigenvalue weighted by Crippen LogP contribution is -2.52. The standard InChI is InChI=1S/C20H18N4O3/c1-13-21-15-6-2-3-7-16(15)24(13)14-10-22(11-14)19(25)12-23-17-8-4-5-9-18(17)27-20(23)26/h2-9,14H,10-12H2,1H3. The zero-order valence-electron chi connectivity index (χ0n) is 14.8. The van der Waals surface area contributed by atoms with E-state index in [2.05, 4.69) is 15.6 Å². The highest BCUT2D eigenvalue weighted by molar-refractivity contribution is 5.81. The van der Waals surface area contributed by atoms with Crippen LogP contribution in [0.3, 0.4) is 0 Å². The molecule has 1 aliphatic rings. The van der Waals surface area contributed by atoms with Crippen molar-refractivity contribution in [2.45, 2.75) is 19.5 Å². The number of amides is 1. The van der Waals surface area contributed by atoms with E-state index < -0.39 is 5.76 Å². The van der Waals surface area contributed by atoms with Crippen LogP contribution in [0, 0.1) is 6.92 Å². The van der Waals surface area contributed by atoms with Crippen LogP contribution in [0.4, 0.5) is 0 Å². The van der Waals surface area contributed by atoms with Crippen molar-refractivity contribution in [3.63, 3.8) is 0 Å². The number of likely N-dealkylation sites (tertiary alicyclic amines) is 1. The largest absolute Gasteiger partial charge is 0.420 e. The summed E-state index contributed by atoms with van der Waals surface area (Å²) in [6, 6.07) is 15.4. The molecule has 1 saturated heterocycles. The molecule has 5 rings (SSSR count). The minimum Gasteiger partial charge on any atom is -0.408 e. The zero-order chi connectivity index (χ0) is 18.5. The number of nitrogens with zero attached hydrogens (tertiary/aromatic N) is 4. The molecule has 1 fully saturated rings. The molecule has 0 spiro atoms. The van der Waals surface area contributed by atoms with Crippen molar-refractivity contribution in [1.82, 2.24) is 19.0 Å². The van der Waals surface area contributed by atoms with Gasteiger partial charge in [0.15, 0.2) is 5.58 Å². The molecule has 7 heteroatoms. The molecule has 4 aromatic rings. The second kappa shape index (κ2) is 5.84. The number of imidazole rings is 1. The van der Waals surface area contributed by atoms with Gasteiger partial charge in [-0.1, -0.05) is 24.3 Å². The first-order valence-corrected chi connectivity index (χ1v) is 8.91. The minimum atomic E-state index is -0.502. The number of hydrogen-bond acceptors (Lipinski definition) is 4. The molecular formula is C20H18N4O3. The maximum Gasteiger partial charge on any atom is 0.420 e. The first kappa shape index (κ1) is 15.9. The van der Waals surface area contributed by atoms with E-state index in [1.807, 2.05) is 31.2 Å². The Hall–Kier alpha value is -3.35. The summed E-state index contributed by atoms with van der Waals surface area (Å²) >= 11 is 0. The van der Waals surface area contributed by atoms with Crippen LogP contribution < -0.4 is 5.76 Å². The molecule has 2 aromatic heterocycles. The van der Waals surface area contributed by atoms with E-state index in [-0.39, 0.29) is 18.5 Å². The number of oxazole rings is 1. The molecule has 0 bridgehead atoms. The summed E-state index contributed by atoms with van der Waals surface area (Å²) in [5, 5.41) is 0. The Balaban J connectivity index is 1.34. The highest BCUT2D eigenvalue weighted by atomic mass is 16.4. The fourth-order valence-electron chi connectivity index (χ4n) is 3.85. The van der Waals surface area contributed by atoms with Gasteiger partial charge in [0, 0.05) is 13.1 Å². The number of aromatic nitrogens is 3. The van der Waals surface area contributed by atoms with Crippen LogP contribution in [0.5, 0.6) is 0 Å². The third kappa shape index (κ3) is 2.46. The van der Waals surface area contributed by atoms with E-state index in [1.54, 1.807) is 23.1 Å². The van der Waals surface area contributed by atoms with Gasteiger partial charge >= 0.3 is 5.76 Å². The van der Waals surface area contributed by atoms with Gasteiger partial charge in [0.1, 0.15) is 12.4 Å². The number of carbonyl (C=O) groups is 1. The molecule has 0 saturated carbocycles. The van der Waals surface area contributed by atoms with E-state index in [9.17, 15) is 9.59 Å². The Morgan fingerprint density at radius 3 is 2.63 bits per heavy atom. The average molecular weight is 362 g/mol. The van der Waals surface area contributed by atoms with Crippen LogP contribution in [0.1, 0.15) is 11.9 Å². The van der Waals surface area contributed by atoms with E-state index in [0.717, 1.165) is 16.9 Å². The molecule has 3 heterocycles. The smallest absolute Gasteiger partial charge is 0.408 e. The van der Waals surface area contributed by atoms with Crippen LogP contribution in [0.25, 0.3) is 22.1 Å². The number of rotatable bonds is 3. The highest BCUT2D eigenvalue weighted by Gasteiger charge is 2.34. The number of fused-ring (bicyclic) bond motifs is 2. The van der Waals surface area contributed by atoms with Crippen LogP contribution in [0.2, 0.25) is 0 Å². The Morgan fingerprint density at radius 2 is 1.81 bits per heavy atom. The lowest BCUT2D eigenvalue weighted by molar-refractivity contribution is -0.137. The van der Waals surface area contributed by atoms with Crippen LogP contribution >= 0.6 is 0 Å². The predicted octanol–water partition coefficient (Wildman–Crippen LogP) is 2.34. The summed E-state index contributed by atoms with van der Waals surface area (Å²) < 4.78 is 8.78. The normalized spacial score (nSPS) is 14.8. The topological polar surface area (TPSA) is 73.3 Å². The minimum absolute atomic E-state index is 0.00771. The van der Waals surface area contributed by atoms with Crippen LogP contribution in [-0.4, -0.2) is 38.0 Å². The van der Waals surface area contributed by atoms with Gasteiger partial charge in [0.05, 0.1) is 22.6 Å². The number of aryl methyl sites for hydroxylation is 1. The summed E-state index contributed by atoms with van der Waals surface area (Å²) in [5.41, 5.74) is 3.20. The van der Waals surface area contributed by atoms with Crippen LogP contribution in [-0.2, 0) is 11.3 Å². The second-order valence-corrected chi connectivity index (χ2v) is 6.89. The van der Waals surface area contributed by atoms with Gasteiger partial charge in [-0.15, -0.1) is 0 Å². The Kier molecular flexibility index (Phi) is 3.43. The molecule has 2 aromatic carbocycles. The number of benzene rings is 2. The van der Waals surface area contributed by atoms with Gasteiger partial charge in [-0.05, 0) is 31.2 Å². The van der Waals surface area contributed by atoms with Gasteiger partial charge in [-0.25, -0.2) is 9.78 Å². The van der Waals surface area contributed by atoms with Crippen molar-refractivity contribution < 1.29 is 9.21 Å². The Morgan fingerprint density at radius 1 is 1.11 bits per heavy atom. The van der Waals surface area contributed by atoms with Gasteiger partial charge in [-0.2, -0.15) is 0 Å². The maximum absolute atomic E-state index is 12.7. The molecule has 1 amide bonds. The van der Waals surface area contributed by atoms with E-state index >= 15 is 0 Å². The van der Waals surface area contributed by atoms with Gasteiger partial charge < -0.3 is 13.9 Å². The monoisotopic (exact) mass is 362 g/mol. The van der Waals surface area contributed by atoms with E-state index in [4.69, 9.17) is 4.42 Å². The predicted molar refractivity (Wildman–Crippen MR) is 101 cm³/mol. The summed E-state index contributed by atoms with van der Waals surface area (Å²) in [6.07, 6.45) is 0. The quantitative estimate of drug-likeness (QED) is 0.561. The molecule has 1 aliphatic heterocycles. The highest BCUT2D eigenvalue weighted by Crippen LogP contribution is 2.28. The van der Waals surface area contributed by atoms with E-state index in [1.165, 1.54) is 4.57 Å². The lowest BCUT2D eigenvalue weighted by atomic mass is 10.1. The van der Waals surface area contributed by atoms with Crippen molar-refractivity contribution in [2.75, 3.05) is 13.1 Å². The van der Waals surface area contributed by atoms with Crippen molar-refractivity contribution in [2.24, 2.45) is 0 Å². The summed E-state index contributed by atoms with van der Waals surface area (Å²) in [4.78, 5) is 31.1. The SMILES string of the molecule is Cc1nc2ccccc2n1C1CN(C(=O)Cn2c(=O)oc3ccccc32)C1. The zero-order valence-corrected chi connectivity index (χ0v) is 14.8. The lowest BCUT2D eigenvalue weighted by Gasteiger charge is -2.40. The molecule has 136 valence electrons. The Bertz CT molecular complexity index is 1230. The molecule has 0 radical (unpaired) electrons.